The fourth-order valence-corrected chi connectivity index (χ4v) is 4.58. The predicted octanol–water partition coefficient (Wildman–Crippen LogP) is -0.664. The fraction of sp³-hybridized carbons (Fsp3) is 0.303. The molecule has 0 aliphatic heterocycles. The maximum absolute atomic E-state index is 13.4. The quantitative estimate of drug-likeness (QED) is 0.0576. The second-order valence-corrected chi connectivity index (χ2v) is 10.8. The van der Waals surface area contributed by atoms with Crippen LogP contribution in [0.15, 0.2) is 78.9 Å². The van der Waals surface area contributed by atoms with Gasteiger partial charge in [0.25, 0.3) is 0 Å². The van der Waals surface area contributed by atoms with Crippen LogP contribution in [0.1, 0.15) is 21.5 Å². The maximum Gasteiger partial charge on any atom is 0.237 e. The van der Waals surface area contributed by atoms with Gasteiger partial charge in [0, 0.05) is 25.2 Å². The minimum absolute atomic E-state index is 0.0212. The molecular weight excluding hydrogens is 592 g/mol. The molecule has 0 spiro atoms. The van der Waals surface area contributed by atoms with Gasteiger partial charge in [0.2, 0.25) is 11.8 Å². The van der Waals surface area contributed by atoms with Crippen LogP contribution in [0.25, 0.3) is 0 Å². The molecule has 3 aromatic rings. The summed E-state index contributed by atoms with van der Waals surface area (Å²) in [5.74, 6) is -1.34. The minimum atomic E-state index is -1.01. The molecule has 0 unspecified atom stereocenters. The second-order valence-electron chi connectivity index (χ2n) is 10.8. The molecular formula is C33H40N6O7. The number of primary amides is 1. The van der Waals surface area contributed by atoms with Crippen LogP contribution in [0.3, 0.4) is 0 Å². The number of Topliss-reactive ketones (excluding diaryl/α,β-unsaturated/α-hetero) is 1. The van der Waals surface area contributed by atoms with E-state index in [-0.39, 0.29) is 49.8 Å². The summed E-state index contributed by atoms with van der Waals surface area (Å²) in [4.78, 5) is 61.9. The summed E-state index contributed by atoms with van der Waals surface area (Å²) < 4.78 is 0. The number of carbonyl (C=O) groups excluding carboxylic acids is 5. The van der Waals surface area contributed by atoms with Crippen LogP contribution >= 0.6 is 0 Å². The van der Waals surface area contributed by atoms with Crippen LogP contribution in [-0.2, 0) is 32.0 Å². The van der Waals surface area contributed by atoms with Crippen LogP contribution in [0.5, 0.6) is 11.5 Å². The van der Waals surface area contributed by atoms with Gasteiger partial charge in [-0.25, -0.2) is 0 Å². The number of benzene rings is 3. The first-order chi connectivity index (χ1) is 22.1. The molecule has 0 saturated carbocycles. The van der Waals surface area contributed by atoms with E-state index in [2.05, 4.69) is 21.3 Å². The number of carbonyl (C=O) groups is 5. The van der Waals surface area contributed by atoms with Crippen molar-refractivity contribution in [3.8, 4) is 11.5 Å². The molecule has 0 saturated heterocycles. The number of phenols is 2. The third-order valence-corrected chi connectivity index (χ3v) is 7.23. The molecule has 0 heterocycles. The number of rotatable bonds is 20. The summed E-state index contributed by atoms with van der Waals surface area (Å²) >= 11 is 0. The smallest absolute Gasteiger partial charge is 0.237 e. The minimum Gasteiger partial charge on any atom is -0.508 e. The highest BCUT2D eigenvalue weighted by atomic mass is 16.3. The Kier molecular flexibility index (Phi) is 14.0. The van der Waals surface area contributed by atoms with Gasteiger partial charge in [-0.3, -0.25) is 14.4 Å². The van der Waals surface area contributed by atoms with Gasteiger partial charge in [-0.1, -0.05) is 54.6 Å². The lowest BCUT2D eigenvalue weighted by atomic mass is 10.0. The molecule has 13 nitrogen and oxygen atoms in total. The monoisotopic (exact) mass is 632 g/mol. The number of nitrogens with one attached hydrogen (secondary N) is 4. The Morgan fingerprint density at radius 1 is 0.674 bits per heavy atom. The van der Waals surface area contributed by atoms with Crippen molar-refractivity contribution >= 4 is 30.2 Å². The van der Waals surface area contributed by atoms with E-state index in [0.717, 1.165) is 11.1 Å². The van der Waals surface area contributed by atoms with E-state index in [9.17, 15) is 34.2 Å². The molecule has 2 amide bonds. The standard InChI is InChI=1S/C33H40N6O7/c34-28(14-21-6-10-26(42)11-7-21)33(46)39-25(20-41)17-38-30(31(44)23-4-2-1-3-5-23)18-36-24(19-40)16-37-29(32(35)45)15-22-8-12-27(43)13-9-22/h1-13,19-20,24-25,28-30,36-38,42-43H,14-18,34H2,(H2,35,45)(H,39,46)/t24-,25-,28+,29+,30+/m1/s1. The number of hydrogen-bond acceptors (Lipinski definition) is 11. The highest BCUT2D eigenvalue weighted by molar-refractivity contribution is 6.00. The Hall–Kier alpha value is -4.95. The first-order valence-electron chi connectivity index (χ1n) is 14.7. The van der Waals surface area contributed by atoms with E-state index in [4.69, 9.17) is 11.5 Å². The Morgan fingerprint density at radius 3 is 1.74 bits per heavy atom. The summed E-state index contributed by atoms with van der Waals surface area (Å²) in [5.41, 5.74) is 13.5. The molecule has 0 aliphatic rings. The SMILES string of the molecule is NC(=O)[C@H](Cc1ccc(O)cc1)NC[C@H](C=O)NC[C@H](NC[C@H](C=O)NC(=O)[C@@H](N)Cc1ccc(O)cc1)C(=O)c1ccccc1. The third-order valence-electron chi connectivity index (χ3n) is 7.23. The second kappa shape index (κ2) is 18.1. The molecule has 46 heavy (non-hydrogen) atoms. The molecule has 3 aromatic carbocycles. The van der Waals surface area contributed by atoms with Gasteiger partial charge >= 0.3 is 0 Å². The van der Waals surface area contributed by atoms with Gasteiger partial charge in [-0.2, -0.15) is 0 Å². The van der Waals surface area contributed by atoms with Crippen molar-refractivity contribution in [1.82, 2.24) is 21.3 Å². The predicted molar refractivity (Wildman–Crippen MR) is 171 cm³/mol. The zero-order valence-electron chi connectivity index (χ0n) is 25.2. The van der Waals surface area contributed by atoms with Crippen LogP contribution in [0.2, 0.25) is 0 Å². The molecule has 3 rings (SSSR count). The third kappa shape index (κ3) is 11.5. The van der Waals surface area contributed by atoms with Crippen molar-refractivity contribution in [2.75, 3.05) is 19.6 Å². The summed E-state index contributed by atoms with van der Waals surface area (Å²) in [6, 6.07) is 16.5. The van der Waals surface area contributed by atoms with Crippen LogP contribution < -0.4 is 32.7 Å². The summed E-state index contributed by atoms with van der Waals surface area (Å²) in [6.45, 7) is -0.113. The zero-order chi connectivity index (χ0) is 33.5. The molecule has 13 heteroatoms. The van der Waals surface area contributed by atoms with E-state index < -0.39 is 42.0 Å². The van der Waals surface area contributed by atoms with Crippen LogP contribution in [0, 0.1) is 0 Å². The van der Waals surface area contributed by atoms with E-state index >= 15 is 0 Å². The van der Waals surface area contributed by atoms with E-state index in [1.54, 1.807) is 54.6 Å². The number of aromatic hydroxyl groups is 2. The number of hydrogen-bond donors (Lipinski definition) is 8. The van der Waals surface area contributed by atoms with Crippen LogP contribution in [0.4, 0.5) is 0 Å². The summed E-state index contributed by atoms with van der Waals surface area (Å²) in [5, 5.41) is 30.5. The lowest BCUT2D eigenvalue weighted by Gasteiger charge is -2.24. The first-order valence-corrected chi connectivity index (χ1v) is 14.7. The Morgan fingerprint density at radius 2 is 1.20 bits per heavy atom. The highest BCUT2D eigenvalue weighted by Crippen LogP contribution is 2.12. The lowest BCUT2D eigenvalue weighted by Crippen LogP contribution is -2.55. The largest absolute Gasteiger partial charge is 0.508 e. The molecule has 0 radical (unpaired) electrons. The van der Waals surface area contributed by atoms with Gasteiger partial charge in [0.05, 0.1) is 30.2 Å². The van der Waals surface area contributed by atoms with E-state index in [0.29, 0.717) is 18.1 Å². The van der Waals surface area contributed by atoms with Gasteiger partial charge < -0.3 is 52.5 Å². The van der Waals surface area contributed by atoms with Crippen molar-refractivity contribution in [2.24, 2.45) is 11.5 Å². The zero-order valence-corrected chi connectivity index (χ0v) is 25.2. The highest BCUT2D eigenvalue weighted by Gasteiger charge is 2.25. The van der Waals surface area contributed by atoms with Crippen molar-refractivity contribution in [2.45, 2.75) is 43.1 Å². The topological polar surface area (TPSA) is 226 Å². The van der Waals surface area contributed by atoms with Crippen LogP contribution in [-0.4, -0.2) is 90.2 Å². The molecule has 0 aliphatic carbocycles. The number of aldehydes is 2. The van der Waals surface area contributed by atoms with Crippen molar-refractivity contribution in [3.63, 3.8) is 0 Å². The molecule has 0 aromatic heterocycles. The Labute approximate surface area is 266 Å². The maximum atomic E-state index is 13.4. The van der Waals surface area contributed by atoms with E-state index in [1.807, 2.05) is 0 Å². The average Bonchev–Trinajstić information content (AvgIpc) is 3.06. The average molecular weight is 633 g/mol. The normalized spacial score (nSPS) is 14.3. The Bertz CT molecular complexity index is 1440. The first kappa shape index (κ1) is 35.5. The Balaban J connectivity index is 1.60. The molecule has 244 valence electrons. The molecule has 0 bridgehead atoms. The van der Waals surface area contributed by atoms with Gasteiger partial charge in [0.1, 0.15) is 24.1 Å². The number of amides is 2. The van der Waals surface area contributed by atoms with Crippen molar-refractivity contribution in [1.29, 1.82) is 0 Å². The van der Waals surface area contributed by atoms with Crippen molar-refractivity contribution < 1.29 is 34.2 Å². The molecule has 5 atom stereocenters. The fourth-order valence-electron chi connectivity index (χ4n) is 4.58. The molecule has 0 fully saturated rings. The van der Waals surface area contributed by atoms with E-state index in [1.165, 1.54) is 24.3 Å². The number of nitrogens with two attached hydrogens (primary N) is 2. The van der Waals surface area contributed by atoms with Gasteiger partial charge in [-0.15, -0.1) is 0 Å². The number of phenolic OH excluding ortho intramolecular Hbond substituents is 2. The summed E-state index contributed by atoms with van der Waals surface area (Å²) in [6.07, 6.45) is 1.58. The molecule has 10 N–H and O–H groups in total. The number of ketones is 1. The summed E-state index contributed by atoms with van der Waals surface area (Å²) in [7, 11) is 0. The van der Waals surface area contributed by atoms with Crippen molar-refractivity contribution in [3.05, 3.63) is 95.6 Å². The van der Waals surface area contributed by atoms with Gasteiger partial charge in [0.15, 0.2) is 5.78 Å². The van der Waals surface area contributed by atoms with Gasteiger partial charge in [-0.05, 0) is 48.2 Å². The lowest BCUT2D eigenvalue weighted by molar-refractivity contribution is -0.125.